The molecule has 1 fully saturated rings. The van der Waals surface area contributed by atoms with E-state index in [1.807, 2.05) is 12.1 Å². The van der Waals surface area contributed by atoms with Crippen LogP contribution in [0.25, 0.3) is 0 Å². The molecule has 1 aliphatic heterocycles. The van der Waals surface area contributed by atoms with Gasteiger partial charge in [-0.1, -0.05) is 17.7 Å². The molecule has 0 spiro atoms. The molecule has 82 valence electrons. The first kappa shape index (κ1) is 10.8. The van der Waals surface area contributed by atoms with Gasteiger partial charge in [-0.05, 0) is 49.5 Å². The molecule has 0 aliphatic carbocycles. The fourth-order valence-corrected chi connectivity index (χ4v) is 2.32. The third kappa shape index (κ3) is 2.44. The van der Waals surface area contributed by atoms with Crippen molar-refractivity contribution in [3.63, 3.8) is 0 Å². The van der Waals surface area contributed by atoms with E-state index in [-0.39, 0.29) is 0 Å². The summed E-state index contributed by atoms with van der Waals surface area (Å²) in [6, 6.07) is 5.94. The minimum absolute atomic E-state index is 0.610. The van der Waals surface area contributed by atoms with Crippen LogP contribution < -0.4 is 10.1 Å². The lowest BCUT2D eigenvalue weighted by molar-refractivity contribution is 0.391. The predicted molar refractivity (Wildman–Crippen MR) is 62.8 cm³/mol. The van der Waals surface area contributed by atoms with Crippen molar-refractivity contribution in [1.29, 1.82) is 0 Å². The molecule has 1 heterocycles. The van der Waals surface area contributed by atoms with Gasteiger partial charge in [-0.3, -0.25) is 0 Å². The van der Waals surface area contributed by atoms with Crippen LogP contribution in [0.15, 0.2) is 18.2 Å². The minimum Gasteiger partial charge on any atom is -0.496 e. The maximum absolute atomic E-state index is 5.94. The Balaban J connectivity index is 2.25. The van der Waals surface area contributed by atoms with Gasteiger partial charge >= 0.3 is 0 Å². The second kappa shape index (κ2) is 4.86. The normalized spacial score (nSPS) is 17.7. The summed E-state index contributed by atoms with van der Waals surface area (Å²) in [5.74, 6) is 1.54. The van der Waals surface area contributed by atoms with Crippen molar-refractivity contribution in [2.45, 2.75) is 18.8 Å². The van der Waals surface area contributed by atoms with E-state index in [9.17, 15) is 0 Å². The lowest BCUT2D eigenvalue weighted by Crippen LogP contribution is -2.26. The Hall–Kier alpha value is -0.730. The van der Waals surface area contributed by atoms with Crippen LogP contribution in [0.3, 0.4) is 0 Å². The van der Waals surface area contributed by atoms with Gasteiger partial charge in [0.2, 0.25) is 0 Å². The van der Waals surface area contributed by atoms with Gasteiger partial charge in [0, 0.05) is 5.02 Å². The zero-order valence-electron chi connectivity index (χ0n) is 8.92. The summed E-state index contributed by atoms with van der Waals surface area (Å²) in [6.45, 7) is 2.19. The summed E-state index contributed by atoms with van der Waals surface area (Å²) >= 11 is 5.94. The Bertz CT molecular complexity index is 334. The highest BCUT2D eigenvalue weighted by atomic mass is 35.5. The minimum atomic E-state index is 0.610. The summed E-state index contributed by atoms with van der Waals surface area (Å²) in [5, 5.41) is 4.11. The van der Waals surface area contributed by atoms with Gasteiger partial charge in [0.1, 0.15) is 5.75 Å². The number of ether oxygens (including phenoxy) is 1. The van der Waals surface area contributed by atoms with Gasteiger partial charge in [0.25, 0.3) is 0 Å². The molecule has 1 saturated heterocycles. The SMILES string of the molecule is COc1cc(Cl)ccc1C1CCNCC1. The van der Waals surface area contributed by atoms with Crippen LogP contribution >= 0.6 is 11.6 Å². The largest absolute Gasteiger partial charge is 0.496 e. The molecule has 0 bridgehead atoms. The molecule has 0 amide bonds. The van der Waals surface area contributed by atoms with Crippen molar-refractivity contribution < 1.29 is 4.74 Å². The summed E-state index contributed by atoms with van der Waals surface area (Å²) in [4.78, 5) is 0. The number of halogens is 1. The highest BCUT2D eigenvalue weighted by molar-refractivity contribution is 6.30. The average molecular weight is 226 g/mol. The lowest BCUT2D eigenvalue weighted by Gasteiger charge is -2.24. The van der Waals surface area contributed by atoms with Gasteiger partial charge in [0.15, 0.2) is 0 Å². The van der Waals surface area contributed by atoms with Crippen molar-refractivity contribution in [2.24, 2.45) is 0 Å². The van der Waals surface area contributed by atoms with E-state index in [1.54, 1.807) is 7.11 Å². The van der Waals surface area contributed by atoms with E-state index in [4.69, 9.17) is 16.3 Å². The van der Waals surface area contributed by atoms with E-state index in [0.717, 1.165) is 23.9 Å². The molecule has 1 aromatic carbocycles. The molecule has 2 nitrogen and oxygen atoms in total. The third-order valence-electron chi connectivity index (χ3n) is 2.97. The summed E-state index contributed by atoms with van der Waals surface area (Å²) in [7, 11) is 1.70. The standard InChI is InChI=1S/C12H16ClNO/c1-15-12-8-10(13)2-3-11(12)9-4-6-14-7-5-9/h2-3,8-9,14H,4-7H2,1H3. The molecule has 0 radical (unpaired) electrons. The second-order valence-electron chi connectivity index (χ2n) is 3.91. The molecule has 3 heteroatoms. The number of methoxy groups -OCH3 is 1. The van der Waals surface area contributed by atoms with Crippen LogP contribution in [0.2, 0.25) is 5.02 Å². The Labute approximate surface area is 95.6 Å². The Morgan fingerprint density at radius 2 is 2.07 bits per heavy atom. The van der Waals surface area contributed by atoms with Crippen LogP contribution in [0, 0.1) is 0 Å². The molecule has 0 saturated carbocycles. The number of hydrogen-bond acceptors (Lipinski definition) is 2. The number of rotatable bonds is 2. The first-order valence-corrected chi connectivity index (χ1v) is 5.73. The van der Waals surface area contributed by atoms with E-state index >= 15 is 0 Å². The lowest BCUT2D eigenvalue weighted by atomic mass is 9.89. The predicted octanol–water partition coefficient (Wildman–Crippen LogP) is 2.82. The van der Waals surface area contributed by atoms with Crippen LogP contribution in [-0.4, -0.2) is 20.2 Å². The summed E-state index contributed by atoms with van der Waals surface area (Å²) in [6.07, 6.45) is 2.36. The van der Waals surface area contributed by atoms with Crippen LogP contribution in [-0.2, 0) is 0 Å². The Morgan fingerprint density at radius 3 is 2.73 bits per heavy atom. The molecule has 1 aromatic rings. The molecule has 15 heavy (non-hydrogen) atoms. The fourth-order valence-electron chi connectivity index (χ4n) is 2.16. The maximum atomic E-state index is 5.94. The first-order chi connectivity index (χ1) is 7.31. The van der Waals surface area contributed by atoms with Crippen molar-refractivity contribution in [3.05, 3.63) is 28.8 Å². The first-order valence-electron chi connectivity index (χ1n) is 5.35. The molecular formula is C12H16ClNO. The second-order valence-corrected chi connectivity index (χ2v) is 4.35. The van der Waals surface area contributed by atoms with Gasteiger partial charge in [-0.25, -0.2) is 0 Å². The topological polar surface area (TPSA) is 21.3 Å². The van der Waals surface area contributed by atoms with Crippen molar-refractivity contribution >= 4 is 11.6 Å². The number of benzene rings is 1. The quantitative estimate of drug-likeness (QED) is 0.836. The monoisotopic (exact) mass is 225 g/mol. The van der Waals surface area contributed by atoms with Crippen LogP contribution in [0.4, 0.5) is 0 Å². The smallest absolute Gasteiger partial charge is 0.123 e. The Morgan fingerprint density at radius 1 is 1.33 bits per heavy atom. The summed E-state index contributed by atoms with van der Waals surface area (Å²) < 4.78 is 5.37. The van der Waals surface area contributed by atoms with E-state index in [2.05, 4.69) is 11.4 Å². The number of piperidine rings is 1. The van der Waals surface area contributed by atoms with Crippen molar-refractivity contribution in [1.82, 2.24) is 5.32 Å². The Kier molecular flexibility index (Phi) is 3.49. The average Bonchev–Trinajstić information content (AvgIpc) is 2.30. The van der Waals surface area contributed by atoms with Crippen molar-refractivity contribution in [3.8, 4) is 5.75 Å². The molecule has 0 unspecified atom stereocenters. The maximum Gasteiger partial charge on any atom is 0.123 e. The number of hydrogen-bond donors (Lipinski definition) is 1. The zero-order chi connectivity index (χ0) is 10.7. The molecule has 0 atom stereocenters. The molecule has 1 N–H and O–H groups in total. The highest BCUT2D eigenvalue weighted by Gasteiger charge is 2.18. The summed E-state index contributed by atoms with van der Waals surface area (Å²) in [5.41, 5.74) is 1.29. The van der Waals surface area contributed by atoms with E-state index in [1.165, 1.54) is 18.4 Å². The van der Waals surface area contributed by atoms with Crippen molar-refractivity contribution in [2.75, 3.05) is 20.2 Å². The van der Waals surface area contributed by atoms with E-state index in [0.29, 0.717) is 5.92 Å². The van der Waals surface area contributed by atoms with Crippen LogP contribution in [0.5, 0.6) is 5.75 Å². The molecular weight excluding hydrogens is 210 g/mol. The molecule has 2 rings (SSSR count). The van der Waals surface area contributed by atoms with Gasteiger partial charge in [-0.2, -0.15) is 0 Å². The van der Waals surface area contributed by atoms with Gasteiger partial charge < -0.3 is 10.1 Å². The number of nitrogens with one attached hydrogen (secondary N) is 1. The highest BCUT2D eigenvalue weighted by Crippen LogP contribution is 2.34. The molecule has 1 aliphatic rings. The van der Waals surface area contributed by atoms with E-state index < -0.39 is 0 Å². The van der Waals surface area contributed by atoms with Gasteiger partial charge in [0.05, 0.1) is 7.11 Å². The zero-order valence-corrected chi connectivity index (χ0v) is 9.68. The molecule has 0 aromatic heterocycles. The van der Waals surface area contributed by atoms with Crippen LogP contribution in [0.1, 0.15) is 24.3 Å². The third-order valence-corrected chi connectivity index (χ3v) is 3.21. The fraction of sp³-hybridized carbons (Fsp3) is 0.500. The van der Waals surface area contributed by atoms with Gasteiger partial charge in [-0.15, -0.1) is 0 Å².